The van der Waals surface area contributed by atoms with E-state index in [0.717, 1.165) is 12.1 Å². The number of aromatic carboxylic acids is 1. The molecule has 1 aromatic carbocycles. The highest BCUT2D eigenvalue weighted by Gasteiger charge is 2.37. The second kappa shape index (κ2) is 8.26. The molecular weight excluding hydrogens is 433 g/mol. The monoisotopic (exact) mass is 452 g/mol. The van der Waals surface area contributed by atoms with Gasteiger partial charge < -0.3 is 20.5 Å². The van der Waals surface area contributed by atoms with Gasteiger partial charge in [0.1, 0.15) is 11.9 Å². The molecule has 0 bridgehead atoms. The van der Waals surface area contributed by atoms with Crippen LogP contribution in [0.5, 0.6) is 0 Å². The number of alkyl halides is 3. The van der Waals surface area contributed by atoms with Crippen molar-refractivity contribution >= 4 is 23.6 Å². The first-order valence-corrected chi connectivity index (χ1v) is 9.86. The number of amides is 2. The maximum absolute atomic E-state index is 12.9. The lowest BCUT2D eigenvalue weighted by Crippen LogP contribution is -2.48. The van der Waals surface area contributed by atoms with Crippen molar-refractivity contribution in [3.8, 4) is 0 Å². The number of carbonyl (C=O) groups is 3. The van der Waals surface area contributed by atoms with Crippen molar-refractivity contribution in [2.24, 2.45) is 0 Å². The molecule has 1 atom stereocenters. The number of benzene rings is 1. The minimum atomic E-state index is -4.62. The highest BCUT2D eigenvalue weighted by atomic mass is 19.4. The molecule has 3 heterocycles. The molecule has 32 heavy (non-hydrogen) atoms. The lowest BCUT2D eigenvalue weighted by atomic mass is 9.99. The summed E-state index contributed by atoms with van der Waals surface area (Å²) in [6.45, 7) is 0.955. The summed E-state index contributed by atoms with van der Waals surface area (Å²) in [6.07, 6.45) is -3.59. The van der Waals surface area contributed by atoms with Crippen molar-refractivity contribution in [2.75, 3.05) is 18.5 Å². The fourth-order valence-corrected chi connectivity index (χ4v) is 3.86. The van der Waals surface area contributed by atoms with E-state index in [9.17, 15) is 32.7 Å². The minimum Gasteiger partial charge on any atom is -0.476 e. The Hall–Kier alpha value is -3.41. The van der Waals surface area contributed by atoms with Gasteiger partial charge in [0.15, 0.2) is 5.69 Å². The molecular formula is C20H19F3N4O5. The van der Waals surface area contributed by atoms with Crippen LogP contribution in [0.25, 0.3) is 0 Å². The van der Waals surface area contributed by atoms with Gasteiger partial charge in [-0.1, -0.05) is 6.07 Å². The van der Waals surface area contributed by atoms with E-state index < -0.39 is 35.6 Å². The molecule has 4 rings (SSSR count). The van der Waals surface area contributed by atoms with Gasteiger partial charge in [0, 0.05) is 30.8 Å². The van der Waals surface area contributed by atoms with Gasteiger partial charge in [-0.25, -0.2) is 9.48 Å². The van der Waals surface area contributed by atoms with E-state index in [1.807, 2.05) is 0 Å². The van der Waals surface area contributed by atoms with Gasteiger partial charge in [-0.2, -0.15) is 18.3 Å². The lowest BCUT2D eigenvalue weighted by Gasteiger charge is -2.28. The van der Waals surface area contributed by atoms with E-state index in [1.54, 1.807) is 0 Å². The molecule has 2 aromatic rings. The van der Waals surface area contributed by atoms with Crippen LogP contribution in [0.15, 0.2) is 24.3 Å². The molecule has 0 saturated carbocycles. The number of nitrogens with zero attached hydrogens (tertiary/aromatic N) is 2. The summed E-state index contributed by atoms with van der Waals surface area (Å²) in [5.74, 6) is -2.52. The molecule has 1 aromatic heterocycles. The predicted octanol–water partition coefficient (Wildman–Crippen LogP) is 2.24. The first-order chi connectivity index (χ1) is 15.1. The number of anilines is 1. The zero-order valence-electron chi connectivity index (χ0n) is 16.6. The number of hydrogen-bond acceptors (Lipinski definition) is 5. The van der Waals surface area contributed by atoms with Crippen LogP contribution in [0.2, 0.25) is 0 Å². The van der Waals surface area contributed by atoms with Crippen LogP contribution in [-0.2, 0) is 22.1 Å². The highest BCUT2D eigenvalue weighted by molar-refractivity contribution is 6.04. The van der Waals surface area contributed by atoms with E-state index in [0.29, 0.717) is 32.1 Å². The van der Waals surface area contributed by atoms with Gasteiger partial charge in [0.25, 0.3) is 5.91 Å². The molecule has 1 saturated heterocycles. The zero-order valence-corrected chi connectivity index (χ0v) is 16.6. The third kappa shape index (κ3) is 4.17. The number of rotatable bonds is 4. The van der Waals surface area contributed by atoms with Gasteiger partial charge in [0.2, 0.25) is 5.91 Å². The maximum atomic E-state index is 12.9. The third-order valence-corrected chi connectivity index (χ3v) is 5.47. The number of carboxylic acids is 1. The molecule has 0 spiro atoms. The minimum absolute atomic E-state index is 0.151. The van der Waals surface area contributed by atoms with Gasteiger partial charge in [-0.05, 0) is 31.0 Å². The van der Waals surface area contributed by atoms with Crippen LogP contribution < -0.4 is 10.6 Å². The molecule has 2 amide bonds. The number of ether oxygens (including phenoxy) is 1. The zero-order chi connectivity index (χ0) is 23.0. The molecule has 1 unspecified atom stereocenters. The second-order valence-corrected chi connectivity index (χ2v) is 7.57. The molecule has 170 valence electrons. The summed E-state index contributed by atoms with van der Waals surface area (Å²) >= 11 is 0. The van der Waals surface area contributed by atoms with E-state index >= 15 is 0 Å². The number of carboxylic acid groups (broad SMARTS) is 1. The van der Waals surface area contributed by atoms with E-state index in [2.05, 4.69) is 15.7 Å². The Balaban J connectivity index is 1.58. The van der Waals surface area contributed by atoms with Crippen LogP contribution in [-0.4, -0.2) is 51.9 Å². The SMILES string of the molecule is O=C(NC1Cc2c(C(=O)O)nn(C3CCOCC3)c2NC1=O)c1cccc(C(F)(F)F)c1. The molecule has 2 aliphatic rings. The summed E-state index contributed by atoms with van der Waals surface area (Å²) in [6, 6.07) is 2.49. The van der Waals surface area contributed by atoms with Gasteiger partial charge in [0.05, 0.1) is 11.6 Å². The number of hydrogen-bond donors (Lipinski definition) is 3. The summed E-state index contributed by atoms with van der Waals surface area (Å²) in [5, 5.41) is 18.7. The molecule has 12 heteroatoms. The Kier molecular flexibility index (Phi) is 5.63. The topological polar surface area (TPSA) is 123 Å². The summed E-state index contributed by atoms with van der Waals surface area (Å²) < 4.78 is 45.6. The number of halogens is 3. The molecule has 2 aliphatic heterocycles. The fourth-order valence-electron chi connectivity index (χ4n) is 3.86. The number of carbonyl (C=O) groups excluding carboxylic acids is 2. The first kappa shape index (κ1) is 21.8. The Morgan fingerprint density at radius 3 is 2.62 bits per heavy atom. The molecule has 0 aliphatic carbocycles. The fraction of sp³-hybridized carbons (Fsp3) is 0.400. The Bertz CT molecular complexity index is 1080. The number of fused-ring (bicyclic) bond motifs is 1. The number of nitrogens with one attached hydrogen (secondary N) is 2. The lowest BCUT2D eigenvalue weighted by molar-refractivity contribution is -0.137. The van der Waals surface area contributed by atoms with Crippen LogP contribution in [0.1, 0.15) is 50.9 Å². The van der Waals surface area contributed by atoms with Crippen LogP contribution in [0.4, 0.5) is 19.0 Å². The van der Waals surface area contributed by atoms with Gasteiger partial charge >= 0.3 is 12.1 Å². The third-order valence-electron chi connectivity index (χ3n) is 5.47. The first-order valence-electron chi connectivity index (χ1n) is 9.86. The van der Waals surface area contributed by atoms with Crippen molar-refractivity contribution in [2.45, 2.75) is 37.5 Å². The van der Waals surface area contributed by atoms with Crippen molar-refractivity contribution in [3.05, 3.63) is 46.6 Å². The van der Waals surface area contributed by atoms with E-state index in [4.69, 9.17) is 4.74 Å². The summed E-state index contributed by atoms with van der Waals surface area (Å²) in [7, 11) is 0. The smallest absolute Gasteiger partial charge is 0.416 e. The number of aromatic nitrogens is 2. The van der Waals surface area contributed by atoms with Gasteiger partial charge in [-0.3, -0.25) is 9.59 Å². The van der Waals surface area contributed by atoms with Crippen molar-refractivity contribution in [3.63, 3.8) is 0 Å². The van der Waals surface area contributed by atoms with Crippen LogP contribution >= 0.6 is 0 Å². The summed E-state index contributed by atoms with van der Waals surface area (Å²) in [5.41, 5.74) is -1.26. The quantitative estimate of drug-likeness (QED) is 0.654. The Labute approximate surface area is 179 Å². The highest BCUT2D eigenvalue weighted by Crippen LogP contribution is 2.33. The van der Waals surface area contributed by atoms with Crippen molar-refractivity contribution < 1.29 is 37.4 Å². The molecule has 1 fully saturated rings. The van der Waals surface area contributed by atoms with Crippen molar-refractivity contribution in [1.82, 2.24) is 15.1 Å². The standard InChI is InChI=1S/C20H19F3N4O5/c21-20(22,23)11-3-1-2-10(8-11)17(28)24-14-9-13-15(19(30)31)26-27(16(13)25-18(14)29)12-4-6-32-7-5-12/h1-3,8,12,14H,4-7,9H2,(H,24,28)(H,25,29)(H,30,31). The predicted molar refractivity (Wildman–Crippen MR) is 103 cm³/mol. The maximum Gasteiger partial charge on any atom is 0.416 e. The Morgan fingerprint density at radius 2 is 1.97 bits per heavy atom. The van der Waals surface area contributed by atoms with E-state index in [-0.39, 0.29) is 35.1 Å². The Morgan fingerprint density at radius 1 is 1.25 bits per heavy atom. The average molecular weight is 452 g/mol. The van der Waals surface area contributed by atoms with Crippen molar-refractivity contribution in [1.29, 1.82) is 0 Å². The largest absolute Gasteiger partial charge is 0.476 e. The normalized spacial score (nSPS) is 19.2. The summed E-state index contributed by atoms with van der Waals surface area (Å²) in [4.78, 5) is 36.9. The van der Waals surface area contributed by atoms with E-state index in [1.165, 1.54) is 10.7 Å². The van der Waals surface area contributed by atoms with Crippen LogP contribution in [0.3, 0.4) is 0 Å². The second-order valence-electron chi connectivity index (χ2n) is 7.57. The average Bonchev–Trinajstić information content (AvgIpc) is 3.12. The van der Waals surface area contributed by atoms with Crippen LogP contribution in [0, 0.1) is 0 Å². The van der Waals surface area contributed by atoms with Gasteiger partial charge in [-0.15, -0.1) is 0 Å². The molecule has 9 nitrogen and oxygen atoms in total. The molecule has 3 N–H and O–H groups in total. The molecule has 0 radical (unpaired) electrons.